The van der Waals surface area contributed by atoms with E-state index in [-0.39, 0.29) is 12.6 Å². The van der Waals surface area contributed by atoms with E-state index in [1.807, 2.05) is 12.1 Å². The molecule has 0 heterocycles. The van der Waals surface area contributed by atoms with Crippen molar-refractivity contribution in [2.45, 2.75) is 12.5 Å². The van der Waals surface area contributed by atoms with Gasteiger partial charge in [-0.2, -0.15) is 0 Å². The summed E-state index contributed by atoms with van der Waals surface area (Å²) >= 11 is 5.87. The predicted molar refractivity (Wildman–Crippen MR) is 56.6 cm³/mol. The lowest BCUT2D eigenvalue weighted by Crippen LogP contribution is -2.26. The highest BCUT2D eigenvalue weighted by Gasteiger charge is 2.02. The minimum atomic E-state index is -0.225. The van der Waals surface area contributed by atoms with Gasteiger partial charge in [-0.05, 0) is 18.6 Å². The first-order chi connectivity index (χ1) is 6.74. The van der Waals surface area contributed by atoms with Crippen LogP contribution >= 0.6 is 11.6 Å². The van der Waals surface area contributed by atoms with Gasteiger partial charge in [0.15, 0.2) is 0 Å². The van der Waals surface area contributed by atoms with Crippen molar-refractivity contribution >= 4 is 11.6 Å². The maximum absolute atomic E-state index is 8.68. The quantitative estimate of drug-likeness (QED) is 0.782. The second kappa shape index (κ2) is 5.86. The van der Waals surface area contributed by atoms with Gasteiger partial charge in [0.2, 0.25) is 0 Å². The van der Waals surface area contributed by atoms with E-state index in [0.717, 1.165) is 0 Å². The van der Waals surface area contributed by atoms with Gasteiger partial charge in [0.05, 0.1) is 18.2 Å². The zero-order chi connectivity index (χ0) is 10.4. The molecule has 0 fully saturated rings. The van der Waals surface area contributed by atoms with Gasteiger partial charge in [-0.25, -0.2) is 0 Å². The van der Waals surface area contributed by atoms with Gasteiger partial charge in [-0.15, -0.1) is 0 Å². The summed E-state index contributed by atoms with van der Waals surface area (Å²) in [5.41, 5.74) is 5.51. The summed E-state index contributed by atoms with van der Waals surface area (Å²) in [5, 5.41) is 9.27. The molecule has 0 saturated carbocycles. The Morgan fingerprint density at radius 1 is 1.43 bits per heavy atom. The highest BCUT2D eigenvalue weighted by Crippen LogP contribution is 2.23. The van der Waals surface area contributed by atoms with Crippen LogP contribution in [-0.2, 0) is 0 Å². The number of ether oxygens (including phenoxy) is 1. The van der Waals surface area contributed by atoms with E-state index in [1.165, 1.54) is 0 Å². The van der Waals surface area contributed by atoms with Crippen molar-refractivity contribution < 1.29 is 9.84 Å². The number of aliphatic hydroxyl groups is 1. The van der Waals surface area contributed by atoms with Gasteiger partial charge in [-0.3, -0.25) is 0 Å². The number of nitrogens with two attached hydrogens (primary N) is 1. The fourth-order valence-electron chi connectivity index (χ4n) is 0.973. The van der Waals surface area contributed by atoms with Crippen molar-refractivity contribution in [1.29, 1.82) is 0 Å². The van der Waals surface area contributed by atoms with E-state index < -0.39 is 0 Å². The predicted octanol–water partition coefficient (Wildman–Crippen LogP) is 1.43. The molecular weight excluding hydrogens is 202 g/mol. The van der Waals surface area contributed by atoms with E-state index in [4.69, 9.17) is 27.2 Å². The molecule has 1 atom stereocenters. The number of halogens is 1. The van der Waals surface area contributed by atoms with Crippen molar-refractivity contribution in [1.82, 2.24) is 0 Å². The van der Waals surface area contributed by atoms with Crippen LogP contribution in [0.25, 0.3) is 0 Å². The van der Waals surface area contributed by atoms with Gasteiger partial charge < -0.3 is 15.6 Å². The van der Waals surface area contributed by atoms with Crippen LogP contribution in [0.15, 0.2) is 24.3 Å². The first kappa shape index (κ1) is 11.3. The van der Waals surface area contributed by atoms with Crippen LogP contribution < -0.4 is 10.5 Å². The highest BCUT2D eigenvalue weighted by atomic mass is 35.5. The summed E-state index contributed by atoms with van der Waals surface area (Å²) in [6.45, 7) is 0.442. The SMILES string of the molecule is N[C@H](CO)CCOc1ccccc1Cl. The molecule has 1 aromatic rings. The molecule has 0 bridgehead atoms. The lowest BCUT2D eigenvalue weighted by Gasteiger charge is -2.10. The fraction of sp³-hybridized carbons (Fsp3) is 0.400. The molecule has 0 spiro atoms. The Hall–Kier alpha value is -0.770. The first-order valence-electron chi connectivity index (χ1n) is 4.48. The molecule has 0 radical (unpaired) electrons. The number of rotatable bonds is 5. The second-order valence-electron chi connectivity index (χ2n) is 3.01. The molecule has 0 saturated heterocycles. The van der Waals surface area contributed by atoms with Crippen LogP contribution in [0, 0.1) is 0 Å². The Morgan fingerprint density at radius 2 is 2.14 bits per heavy atom. The van der Waals surface area contributed by atoms with E-state index >= 15 is 0 Å². The molecule has 0 aliphatic rings. The summed E-state index contributed by atoms with van der Waals surface area (Å²) in [5.74, 6) is 0.652. The largest absolute Gasteiger partial charge is 0.492 e. The van der Waals surface area contributed by atoms with Crippen LogP contribution in [0.1, 0.15) is 6.42 Å². The van der Waals surface area contributed by atoms with Gasteiger partial charge in [0.25, 0.3) is 0 Å². The Morgan fingerprint density at radius 3 is 2.79 bits per heavy atom. The van der Waals surface area contributed by atoms with Gasteiger partial charge in [0, 0.05) is 6.04 Å². The minimum Gasteiger partial charge on any atom is -0.492 e. The maximum Gasteiger partial charge on any atom is 0.137 e. The van der Waals surface area contributed by atoms with Gasteiger partial charge in [-0.1, -0.05) is 23.7 Å². The first-order valence-corrected chi connectivity index (χ1v) is 4.85. The topological polar surface area (TPSA) is 55.5 Å². The third-order valence-electron chi connectivity index (χ3n) is 1.82. The van der Waals surface area contributed by atoms with Crippen LogP contribution in [0.3, 0.4) is 0 Å². The average molecular weight is 216 g/mol. The van der Waals surface area contributed by atoms with E-state index in [1.54, 1.807) is 12.1 Å². The normalized spacial score (nSPS) is 12.5. The van der Waals surface area contributed by atoms with Crippen molar-refractivity contribution in [3.05, 3.63) is 29.3 Å². The summed E-state index contributed by atoms with van der Waals surface area (Å²) in [4.78, 5) is 0. The molecule has 4 heteroatoms. The summed E-state index contributed by atoms with van der Waals surface area (Å²) in [6.07, 6.45) is 0.613. The van der Waals surface area contributed by atoms with E-state index in [2.05, 4.69) is 0 Å². The standard InChI is InChI=1S/C10H14ClNO2/c11-9-3-1-2-4-10(9)14-6-5-8(12)7-13/h1-4,8,13H,5-7,12H2/t8-/m0/s1. The number of aliphatic hydroxyl groups excluding tert-OH is 1. The Kier molecular flexibility index (Phi) is 4.73. The molecule has 0 unspecified atom stereocenters. The van der Waals surface area contributed by atoms with Crippen LogP contribution in [-0.4, -0.2) is 24.4 Å². The highest BCUT2D eigenvalue weighted by molar-refractivity contribution is 6.32. The molecule has 1 rings (SSSR count). The van der Waals surface area contributed by atoms with E-state index in [9.17, 15) is 0 Å². The number of hydrogen-bond donors (Lipinski definition) is 2. The number of para-hydroxylation sites is 1. The zero-order valence-corrected chi connectivity index (χ0v) is 8.57. The van der Waals surface area contributed by atoms with Gasteiger partial charge in [0.1, 0.15) is 5.75 Å². The monoisotopic (exact) mass is 215 g/mol. The van der Waals surface area contributed by atoms with Crippen LogP contribution in [0.5, 0.6) is 5.75 Å². The average Bonchev–Trinajstić information content (AvgIpc) is 2.20. The van der Waals surface area contributed by atoms with Crippen molar-refractivity contribution in [3.8, 4) is 5.75 Å². The molecule has 0 amide bonds. The Balaban J connectivity index is 2.35. The number of hydrogen-bond acceptors (Lipinski definition) is 3. The fourth-order valence-corrected chi connectivity index (χ4v) is 1.16. The molecule has 3 nitrogen and oxygen atoms in total. The van der Waals surface area contributed by atoms with Gasteiger partial charge >= 0.3 is 0 Å². The molecule has 1 aromatic carbocycles. The molecule has 0 aromatic heterocycles. The summed E-state index contributed by atoms with van der Waals surface area (Å²) < 4.78 is 5.39. The molecule has 0 aliphatic heterocycles. The molecule has 14 heavy (non-hydrogen) atoms. The second-order valence-corrected chi connectivity index (χ2v) is 3.42. The summed E-state index contributed by atoms with van der Waals surface area (Å²) in [7, 11) is 0. The van der Waals surface area contributed by atoms with Crippen molar-refractivity contribution in [2.75, 3.05) is 13.2 Å². The molecular formula is C10H14ClNO2. The third kappa shape index (κ3) is 3.54. The van der Waals surface area contributed by atoms with Crippen LogP contribution in [0.2, 0.25) is 5.02 Å². The summed E-state index contributed by atoms with van der Waals surface area (Å²) in [6, 6.07) is 7.04. The lowest BCUT2D eigenvalue weighted by atomic mass is 10.2. The van der Waals surface area contributed by atoms with Crippen LogP contribution in [0.4, 0.5) is 0 Å². The number of benzene rings is 1. The minimum absolute atomic E-state index is 0.0219. The lowest BCUT2D eigenvalue weighted by molar-refractivity contribution is 0.230. The molecule has 78 valence electrons. The molecule has 0 aliphatic carbocycles. The van der Waals surface area contributed by atoms with Crippen molar-refractivity contribution in [2.24, 2.45) is 5.73 Å². The van der Waals surface area contributed by atoms with Crippen molar-refractivity contribution in [3.63, 3.8) is 0 Å². The van der Waals surface area contributed by atoms with E-state index in [0.29, 0.717) is 23.8 Å². The Bertz CT molecular complexity index is 281. The third-order valence-corrected chi connectivity index (χ3v) is 2.13. The molecule has 3 N–H and O–H groups in total. The smallest absolute Gasteiger partial charge is 0.137 e. The zero-order valence-electron chi connectivity index (χ0n) is 7.82. The maximum atomic E-state index is 8.68. The Labute approximate surface area is 88.4 Å².